The van der Waals surface area contributed by atoms with Gasteiger partial charge in [-0.1, -0.05) is 12.1 Å². The van der Waals surface area contributed by atoms with Crippen molar-refractivity contribution in [3.63, 3.8) is 0 Å². The van der Waals surface area contributed by atoms with Gasteiger partial charge in [0, 0.05) is 32.6 Å². The monoisotopic (exact) mass is 391 g/mol. The van der Waals surface area contributed by atoms with E-state index in [2.05, 4.69) is 20.8 Å². The van der Waals surface area contributed by atoms with E-state index in [1.807, 2.05) is 11.8 Å². The standard InChI is InChI=1S/C18H22FN5O2S/c1-12-22-23-17(27-12)6-7-20-16(25)10-15-18(26)21-8-9-24(15)11-13-2-4-14(19)5-3-13/h2-5,15H,6-11H2,1H3,(H,20,25)(H,21,26). The maximum atomic E-state index is 13.1. The molecule has 1 fully saturated rings. The number of amides is 2. The van der Waals surface area contributed by atoms with Crippen molar-refractivity contribution in [2.24, 2.45) is 0 Å². The molecule has 1 aromatic heterocycles. The highest BCUT2D eigenvalue weighted by molar-refractivity contribution is 7.11. The lowest BCUT2D eigenvalue weighted by Crippen LogP contribution is -2.56. The number of hydrogen-bond acceptors (Lipinski definition) is 6. The lowest BCUT2D eigenvalue weighted by atomic mass is 10.1. The minimum absolute atomic E-state index is 0.0855. The minimum atomic E-state index is -0.535. The van der Waals surface area contributed by atoms with E-state index in [-0.39, 0.29) is 24.1 Å². The van der Waals surface area contributed by atoms with Crippen LogP contribution in [-0.4, -0.2) is 52.6 Å². The van der Waals surface area contributed by atoms with Crippen LogP contribution in [0.25, 0.3) is 0 Å². The zero-order valence-corrected chi connectivity index (χ0v) is 15.9. The molecule has 2 N–H and O–H groups in total. The SMILES string of the molecule is Cc1nnc(CCNC(=O)CC2C(=O)NCCN2Cc2ccc(F)cc2)s1. The molecule has 1 atom stereocenters. The number of nitrogens with zero attached hydrogens (tertiary/aromatic N) is 3. The highest BCUT2D eigenvalue weighted by Gasteiger charge is 2.31. The van der Waals surface area contributed by atoms with Gasteiger partial charge in [-0.2, -0.15) is 0 Å². The van der Waals surface area contributed by atoms with Crippen molar-refractivity contribution in [1.82, 2.24) is 25.7 Å². The number of halogens is 1. The van der Waals surface area contributed by atoms with Gasteiger partial charge in [0.15, 0.2) is 0 Å². The van der Waals surface area contributed by atoms with Gasteiger partial charge in [0.1, 0.15) is 15.8 Å². The Hall–Kier alpha value is -2.39. The van der Waals surface area contributed by atoms with Gasteiger partial charge in [-0.25, -0.2) is 4.39 Å². The van der Waals surface area contributed by atoms with E-state index in [1.54, 1.807) is 12.1 Å². The first-order chi connectivity index (χ1) is 13.0. The number of piperazine rings is 1. The largest absolute Gasteiger partial charge is 0.356 e. The molecule has 0 bridgehead atoms. The molecule has 1 aliphatic rings. The quantitative estimate of drug-likeness (QED) is 0.736. The number of aromatic nitrogens is 2. The van der Waals surface area contributed by atoms with Crippen LogP contribution in [0.15, 0.2) is 24.3 Å². The fraction of sp³-hybridized carbons (Fsp3) is 0.444. The van der Waals surface area contributed by atoms with Crippen molar-refractivity contribution in [1.29, 1.82) is 0 Å². The number of rotatable bonds is 7. The fourth-order valence-electron chi connectivity index (χ4n) is 2.99. The van der Waals surface area contributed by atoms with Gasteiger partial charge >= 0.3 is 0 Å². The van der Waals surface area contributed by atoms with Crippen LogP contribution < -0.4 is 10.6 Å². The van der Waals surface area contributed by atoms with E-state index in [0.717, 1.165) is 15.6 Å². The Morgan fingerprint density at radius 3 is 2.85 bits per heavy atom. The molecular weight excluding hydrogens is 369 g/mol. The van der Waals surface area contributed by atoms with Crippen molar-refractivity contribution in [3.8, 4) is 0 Å². The van der Waals surface area contributed by atoms with Gasteiger partial charge in [-0.15, -0.1) is 21.5 Å². The first-order valence-electron chi connectivity index (χ1n) is 8.83. The second kappa shape index (κ2) is 9.01. The Morgan fingerprint density at radius 1 is 1.37 bits per heavy atom. The average molecular weight is 391 g/mol. The second-order valence-electron chi connectivity index (χ2n) is 6.42. The predicted octanol–water partition coefficient (Wildman–Crippen LogP) is 1.04. The molecule has 9 heteroatoms. The van der Waals surface area contributed by atoms with Crippen LogP contribution in [0.2, 0.25) is 0 Å². The van der Waals surface area contributed by atoms with Gasteiger partial charge in [0.05, 0.1) is 12.5 Å². The lowest BCUT2D eigenvalue weighted by molar-refractivity contribution is -0.134. The summed E-state index contributed by atoms with van der Waals surface area (Å²) in [6.07, 6.45) is 0.704. The Morgan fingerprint density at radius 2 is 2.15 bits per heavy atom. The first kappa shape index (κ1) is 19.4. The summed E-state index contributed by atoms with van der Waals surface area (Å²) in [6.45, 7) is 4.02. The molecule has 0 aliphatic carbocycles. The molecule has 0 radical (unpaired) electrons. The molecule has 7 nitrogen and oxygen atoms in total. The highest BCUT2D eigenvalue weighted by Crippen LogP contribution is 2.14. The summed E-state index contributed by atoms with van der Waals surface area (Å²) in [5.74, 6) is -0.627. The fourth-order valence-corrected chi connectivity index (χ4v) is 3.70. The van der Waals surface area contributed by atoms with Crippen molar-refractivity contribution in [2.45, 2.75) is 32.4 Å². The summed E-state index contributed by atoms with van der Waals surface area (Å²) in [7, 11) is 0. The molecule has 144 valence electrons. The number of benzene rings is 1. The summed E-state index contributed by atoms with van der Waals surface area (Å²) in [6, 6.07) is 5.66. The number of nitrogens with one attached hydrogen (secondary N) is 2. The molecule has 0 spiro atoms. The molecule has 1 aliphatic heterocycles. The third-order valence-electron chi connectivity index (χ3n) is 4.35. The van der Waals surface area contributed by atoms with Crippen LogP contribution in [0.5, 0.6) is 0 Å². The Bertz CT molecular complexity index is 795. The van der Waals surface area contributed by atoms with Crippen LogP contribution >= 0.6 is 11.3 Å². The molecule has 27 heavy (non-hydrogen) atoms. The first-order valence-corrected chi connectivity index (χ1v) is 9.65. The van der Waals surface area contributed by atoms with Gasteiger partial charge in [-0.05, 0) is 24.6 Å². The molecule has 2 heterocycles. The van der Waals surface area contributed by atoms with Crippen LogP contribution in [0.3, 0.4) is 0 Å². The normalized spacial score (nSPS) is 17.6. The molecule has 2 aromatic rings. The molecule has 1 unspecified atom stereocenters. The topological polar surface area (TPSA) is 87.2 Å². The molecule has 1 aromatic carbocycles. The Labute approximate surface area is 161 Å². The number of carbonyl (C=O) groups is 2. The van der Waals surface area contributed by atoms with Gasteiger partial charge in [0.2, 0.25) is 11.8 Å². The number of hydrogen-bond donors (Lipinski definition) is 2. The van der Waals surface area contributed by atoms with Gasteiger partial charge in [-0.3, -0.25) is 14.5 Å². The molecular formula is C18H22FN5O2S. The van der Waals surface area contributed by atoms with E-state index >= 15 is 0 Å². The van der Waals surface area contributed by atoms with Crippen LogP contribution in [0.4, 0.5) is 4.39 Å². The smallest absolute Gasteiger partial charge is 0.237 e. The third kappa shape index (κ3) is 5.54. The summed E-state index contributed by atoms with van der Waals surface area (Å²) >= 11 is 1.51. The van der Waals surface area contributed by atoms with Gasteiger partial charge < -0.3 is 10.6 Å². The Kier molecular flexibility index (Phi) is 6.46. The predicted molar refractivity (Wildman–Crippen MR) is 99.6 cm³/mol. The second-order valence-corrected chi connectivity index (χ2v) is 7.69. The molecule has 3 rings (SSSR count). The highest BCUT2D eigenvalue weighted by atomic mass is 32.1. The van der Waals surface area contributed by atoms with Gasteiger partial charge in [0.25, 0.3) is 0 Å². The molecule has 0 saturated carbocycles. The van der Waals surface area contributed by atoms with Crippen LogP contribution in [-0.2, 0) is 22.6 Å². The summed E-state index contributed by atoms with van der Waals surface area (Å²) < 4.78 is 13.1. The maximum Gasteiger partial charge on any atom is 0.237 e. The maximum absolute atomic E-state index is 13.1. The number of aryl methyl sites for hydroxylation is 1. The molecule has 1 saturated heterocycles. The zero-order valence-electron chi connectivity index (χ0n) is 15.1. The van der Waals surface area contributed by atoms with Crippen LogP contribution in [0, 0.1) is 12.7 Å². The van der Waals surface area contributed by atoms with Crippen molar-refractivity contribution in [3.05, 3.63) is 45.7 Å². The van der Waals surface area contributed by atoms with E-state index < -0.39 is 6.04 Å². The number of carbonyl (C=O) groups excluding carboxylic acids is 2. The summed E-state index contributed by atoms with van der Waals surface area (Å²) in [5.41, 5.74) is 0.906. The molecule has 2 amide bonds. The van der Waals surface area contributed by atoms with Crippen molar-refractivity contribution < 1.29 is 14.0 Å². The third-order valence-corrected chi connectivity index (χ3v) is 5.25. The summed E-state index contributed by atoms with van der Waals surface area (Å²) in [5, 5.41) is 15.4. The van der Waals surface area contributed by atoms with E-state index in [4.69, 9.17) is 0 Å². The lowest BCUT2D eigenvalue weighted by Gasteiger charge is -2.34. The Balaban J connectivity index is 1.53. The van der Waals surface area contributed by atoms with Crippen LogP contribution in [0.1, 0.15) is 22.0 Å². The van der Waals surface area contributed by atoms with E-state index in [9.17, 15) is 14.0 Å². The van der Waals surface area contributed by atoms with E-state index in [0.29, 0.717) is 32.6 Å². The minimum Gasteiger partial charge on any atom is -0.356 e. The summed E-state index contributed by atoms with van der Waals surface area (Å²) in [4.78, 5) is 26.5. The van der Waals surface area contributed by atoms with Crippen molar-refractivity contribution >= 4 is 23.2 Å². The van der Waals surface area contributed by atoms with Crippen molar-refractivity contribution in [2.75, 3.05) is 19.6 Å². The average Bonchev–Trinajstić information content (AvgIpc) is 3.05. The zero-order chi connectivity index (χ0) is 19.2. The van der Waals surface area contributed by atoms with E-state index in [1.165, 1.54) is 23.5 Å².